The smallest absolute Gasteiger partial charge is 0.255 e. The zero-order valence-corrected chi connectivity index (χ0v) is 13.3. The van der Waals surface area contributed by atoms with Crippen LogP contribution in [0.2, 0.25) is 0 Å². The predicted molar refractivity (Wildman–Crippen MR) is 83.8 cm³/mol. The van der Waals surface area contributed by atoms with Crippen LogP contribution < -0.4 is 0 Å². The number of rotatable bonds is 4. The van der Waals surface area contributed by atoms with E-state index in [1.807, 2.05) is 11.0 Å². The Bertz CT molecular complexity index is 508. The molecule has 1 aromatic rings. The highest BCUT2D eigenvalue weighted by Crippen LogP contribution is 2.24. The monoisotopic (exact) mass is 304 g/mol. The maximum absolute atomic E-state index is 12.6. The lowest BCUT2D eigenvalue weighted by atomic mass is 10.1. The summed E-state index contributed by atoms with van der Waals surface area (Å²) in [7, 11) is 4.18. The highest BCUT2D eigenvalue weighted by atomic mass is 16.5. The first-order valence-corrected chi connectivity index (χ1v) is 7.85. The first-order valence-electron chi connectivity index (χ1n) is 7.85. The molecule has 120 valence electrons. The molecule has 2 fully saturated rings. The minimum absolute atomic E-state index is 0.0543. The van der Waals surface area contributed by atoms with Crippen molar-refractivity contribution in [3.05, 3.63) is 30.1 Å². The molecular formula is C16H24N4O2. The molecule has 2 aliphatic rings. The van der Waals surface area contributed by atoms with E-state index in [0.717, 1.165) is 32.8 Å². The van der Waals surface area contributed by atoms with Gasteiger partial charge >= 0.3 is 0 Å². The number of carbonyl (C=O) groups is 1. The van der Waals surface area contributed by atoms with Crippen LogP contribution in [0.4, 0.5) is 0 Å². The Balaban J connectivity index is 1.65. The topological polar surface area (TPSA) is 48.9 Å². The third kappa shape index (κ3) is 3.29. The molecule has 0 radical (unpaired) electrons. The van der Waals surface area contributed by atoms with Gasteiger partial charge in [0.05, 0.1) is 24.3 Å². The Hall–Kier alpha value is -1.50. The van der Waals surface area contributed by atoms with Gasteiger partial charge in [-0.05, 0) is 26.2 Å². The molecule has 0 unspecified atom stereocenters. The maximum Gasteiger partial charge on any atom is 0.255 e. The van der Waals surface area contributed by atoms with Crippen LogP contribution in [0, 0.1) is 0 Å². The Labute approximate surface area is 131 Å². The normalized spacial score (nSPS) is 25.5. The average molecular weight is 304 g/mol. The highest BCUT2D eigenvalue weighted by molar-refractivity contribution is 5.94. The van der Waals surface area contributed by atoms with Gasteiger partial charge in [-0.15, -0.1) is 0 Å². The lowest BCUT2D eigenvalue weighted by Crippen LogP contribution is -2.52. The summed E-state index contributed by atoms with van der Waals surface area (Å²) in [5.74, 6) is 0.0543. The number of fused-ring (bicyclic) bond motifs is 1. The number of amides is 1. The molecule has 22 heavy (non-hydrogen) atoms. The fraction of sp³-hybridized carbons (Fsp3) is 0.625. The first kappa shape index (κ1) is 15.4. The standard InChI is InChI=1S/C16H24N4O2/c1-18(2)6-7-19-8-9-22-15-12-20(11-14(15)19)16(21)13-4-3-5-17-10-13/h3-5,10,14-15H,6-9,11-12H2,1-2H3/t14-,15+/m0/s1. The molecule has 0 bridgehead atoms. The van der Waals surface area contributed by atoms with Gasteiger partial charge in [0, 0.05) is 45.1 Å². The molecule has 3 rings (SSSR count). The van der Waals surface area contributed by atoms with E-state index in [1.54, 1.807) is 18.5 Å². The predicted octanol–water partition coefficient (Wildman–Crippen LogP) is 0.168. The molecule has 0 aliphatic carbocycles. The summed E-state index contributed by atoms with van der Waals surface area (Å²) >= 11 is 0. The summed E-state index contributed by atoms with van der Waals surface area (Å²) in [5.41, 5.74) is 0.654. The van der Waals surface area contributed by atoms with Crippen LogP contribution in [0.5, 0.6) is 0 Å². The first-order chi connectivity index (χ1) is 10.6. The minimum atomic E-state index is 0.0543. The summed E-state index contributed by atoms with van der Waals surface area (Å²) < 4.78 is 5.89. The van der Waals surface area contributed by atoms with E-state index in [4.69, 9.17) is 4.74 Å². The fourth-order valence-corrected chi connectivity index (χ4v) is 3.20. The fourth-order valence-electron chi connectivity index (χ4n) is 3.20. The summed E-state index contributed by atoms with van der Waals surface area (Å²) in [5, 5.41) is 0. The molecule has 2 saturated heterocycles. The maximum atomic E-state index is 12.6. The zero-order chi connectivity index (χ0) is 15.5. The number of pyridine rings is 1. The van der Waals surface area contributed by atoms with Crippen molar-refractivity contribution in [2.24, 2.45) is 0 Å². The lowest BCUT2D eigenvalue weighted by molar-refractivity contribution is -0.0482. The van der Waals surface area contributed by atoms with E-state index in [2.05, 4.69) is 28.9 Å². The molecule has 0 aromatic carbocycles. The van der Waals surface area contributed by atoms with Gasteiger partial charge in [0.1, 0.15) is 0 Å². The van der Waals surface area contributed by atoms with Crippen LogP contribution in [0.25, 0.3) is 0 Å². The third-order valence-corrected chi connectivity index (χ3v) is 4.45. The average Bonchev–Trinajstić information content (AvgIpc) is 2.97. The second-order valence-electron chi connectivity index (χ2n) is 6.27. The molecule has 0 spiro atoms. The van der Waals surface area contributed by atoms with Crippen molar-refractivity contribution in [3.8, 4) is 0 Å². The molecule has 0 N–H and O–H groups in total. The van der Waals surface area contributed by atoms with Crippen molar-refractivity contribution >= 4 is 5.91 Å². The number of nitrogens with zero attached hydrogens (tertiary/aromatic N) is 4. The number of hydrogen-bond acceptors (Lipinski definition) is 5. The number of hydrogen-bond donors (Lipinski definition) is 0. The van der Waals surface area contributed by atoms with Gasteiger partial charge in [-0.1, -0.05) is 0 Å². The van der Waals surface area contributed by atoms with E-state index >= 15 is 0 Å². The van der Waals surface area contributed by atoms with Gasteiger partial charge in [-0.25, -0.2) is 0 Å². The van der Waals surface area contributed by atoms with Crippen LogP contribution in [0.3, 0.4) is 0 Å². The number of morpholine rings is 1. The van der Waals surface area contributed by atoms with E-state index in [9.17, 15) is 4.79 Å². The molecule has 2 atom stereocenters. The molecule has 6 nitrogen and oxygen atoms in total. The van der Waals surface area contributed by atoms with E-state index in [-0.39, 0.29) is 12.0 Å². The van der Waals surface area contributed by atoms with Crippen LogP contribution in [0.1, 0.15) is 10.4 Å². The SMILES string of the molecule is CN(C)CCN1CCO[C@@H]2CN(C(=O)c3cccnc3)C[C@@H]21. The molecule has 0 saturated carbocycles. The van der Waals surface area contributed by atoms with Crippen LogP contribution in [0.15, 0.2) is 24.5 Å². The van der Waals surface area contributed by atoms with Gasteiger partial charge in [-0.2, -0.15) is 0 Å². The Morgan fingerprint density at radius 2 is 2.32 bits per heavy atom. The molecular weight excluding hydrogens is 280 g/mol. The van der Waals surface area contributed by atoms with Crippen molar-refractivity contribution in [1.82, 2.24) is 19.7 Å². The molecule has 3 heterocycles. The highest BCUT2D eigenvalue weighted by Gasteiger charge is 2.41. The second kappa shape index (κ2) is 6.73. The van der Waals surface area contributed by atoms with E-state index in [0.29, 0.717) is 18.2 Å². The van der Waals surface area contributed by atoms with Crippen molar-refractivity contribution in [3.63, 3.8) is 0 Å². The molecule has 2 aliphatic heterocycles. The number of aromatic nitrogens is 1. The van der Waals surface area contributed by atoms with Crippen LogP contribution in [-0.2, 0) is 4.74 Å². The number of likely N-dealkylation sites (tertiary alicyclic amines) is 1. The summed E-state index contributed by atoms with van der Waals surface area (Å²) in [6.07, 6.45) is 3.46. The summed E-state index contributed by atoms with van der Waals surface area (Å²) in [4.78, 5) is 23.2. The van der Waals surface area contributed by atoms with Crippen molar-refractivity contribution in [2.45, 2.75) is 12.1 Å². The second-order valence-corrected chi connectivity index (χ2v) is 6.27. The van der Waals surface area contributed by atoms with E-state index in [1.165, 1.54) is 0 Å². The number of carbonyl (C=O) groups excluding carboxylic acids is 1. The van der Waals surface area contributed by atoms with E-state index < -0.39 is 0 Å². The molecule has 1 amide bonds. The third-order valence-electron chi connectivity index (χ3n) is 4.45. The van der Waals surface area contributed by atoms with Gasteiger partial charge in [0.25, 0.3) is 5.91 Å². The summed E-state index contributed by atoms with van der Waals surface area (Å²) in [6, 6.07) is 3.94. The van der Waals surface area contributed by atoms with Gasteiger partial charge < -0.3 is 14.5 Å². The van der Waals surface area contributed by atoms with Gasteiger partial charge in [-0.3, -0.25) is 14.7 Å². The number of ether oxygens (including phenoxy) is 1. The van der Waals surface area contributed by atoms with Crippen LogP contribution in [-0.4, -0.2) is 91.2 Å². The molecule has 6 heteroatoms. The minimum Gasteiger partial charge on any atom is -0.373 e. The van der Waals surface area contributed by atoms with Crippen LogP contribution >= 0.6 is 0 Å². The Morgan fingerprint density at radius 1 is 1.45 bits per heavy atom. The molecule has 1 aromatic heterocycles. The summed E-state index contributed by atoms with van der Waals surface area (Å²) in [6.45, 7) is 5.17. The lowest BCUT2D eigenvalue weighted by Gasteiger charge is -2.37. The Kier molecular flexibility index (Phi) is 4.71. The van der Waals surface area contributed by atoms with Crippen molar-refractivity contribution < 1.29 is 9.53 Å². The number of likely N-dealkylation sites (N-methyl/N-ethyl adjacent to an activating group) is 1. The largest absolute Gasteiger partial charge is 0.373 e. The quantitative estimate of drug-likeness (QED) is 0.793. The van der Waals surface area contributed by atoms with Crippen molar-refractivity contribution in [2.75, 3.05) is 53.4 Å². The van der Waals surface area contributed by atoms with Gasteiger partial charge in [0.2, 0.25) is 0 Å². The van der Waals surface area contributed by atoms with Gasteiger partial charge in [0.15, 0.2) is 0 Å². The zero-order valence-electron chi connectivity index (χ0n) is 13.3. The van der Waals surface area contributed by atoms with Crippen molar-refractivity contribution in [1.29, 1.82) is 0 Å². The Morgan fingerprint density at radius 3 is 3.05 bits per heavy atom.